The second-order valence-electron chi connectivity index (χ2n) is 1.39. The van der Waals surface area contributed by atoms with Crippen LogP contribution in [-0.4, -0.2) is 4.89 Å². The fourth-order valence-electron chi connectivity index (χ4n) is 0.380. The molecule has 1 N–H and O–H groups in total. The molecule has 0 fully saturated rings. The Morgan fingerprint density at radius 1 is 1.89 bits per heavy atom. The Labute approximate surface area is 52.0 Å². The summed E-state index contributed by atoms with van der Waals surface area (Å²) < 4.78 is 18.9. The topological polar surface area (TPSA) is 55.8 Å². The average Bonchev–Trinajstić information content (AvgIpc) is 2.10. The van der Waals surface area contributed by atoms with E-state index in [1.54, 1.807) is 0 Å². The summed E-state index contributed by atoms with van der Waals surface area (Å²) in [5, 5.41) is 0. The number of allylic oxidation sites excluding steroid dienone is 1. The van der Waals surface area contributed by atoms with Gasteiger partial charge in [-0.15, -0.1) is 0 Å². The van der Waals surface area contributed by atoms with Gasteiger partial charge in [-0.3, -0.25) is 4.89 Å². The molecule has 0 aromatic rings. The van der Waals surface area contributed by atoms with E-state index in [-0.39, 0.29) is 5.76 Å². The third-order valence-corrected chi connectivity index (χ3v) is 1.54. The molecular weight excluding hydrogens is 143 g/mol. The summed E-state index contributed by atoms with van der Waals surface area (Å²) in [5.74, 6) is 0.181. The van der Waals surface area contributed by atoms with Gasteiger partial charge < -0.3 is 9.05 Å². The Bertz CT molecular complexity index is 207. The first-order valence-corrected chi connectivity index (χ1v) is 3.67. The fraction of sp³-hybridized carbons (Fsp3) is 0. The van der Waals surface area contributed by atoms with Gasteiger partial charge in [-0.25, -0.2) is 4.57 Å². The van der Waals surface area contributed by atoms with E-state index in [4.69, 9.17) is 4.89 Å². The maximum Gasteiger partial charge on any atom is 0.584 e. The minimum atomic E-state index is -3.78. The molecule has 1 aliphatic rings. The molecule has 1 unspecified atom stereocenters. The lowest BCUT2D eigenvalue weighted by atomic mass is 10.5. The van der Waals surface area contributed by atoms with E-state index in [9.17, 15) is 4.57 Å². The zero-order chi connectivity index (χ0) is 6.91. The minimum absolute atomic E-state index is 0.181. The lowest BCUT2D eigenvalue weighted by molar-refractivity contribution is 0.272. The van der Waals surface area contributed by atoms with Gasteiger partial charge in [0, 0.05) is 0 Å². The monoisotopic (exact) mass is 148 g/mol. The van der Waals surface area contributed by atoms with E-state index in [1.165, 1.54) is 6.08 Å². The molecule has 0 aliphatic carbocycles. The number of hydrogen-bond donors (Lipinski definition) is 1. The van der Waals surface area contributed by atoms with Gasteiger partial charge >= 0.3 is 7.82 Å². The molecule has 1 rings (SSSR count). The maximum atomic E-state index is 10.4. The number of phosphoric acid groups is 1. The summed E-state index contributed by atoms with van der Waals surface area (Å²) in [5.41, 5.74) is 0. The van der Waals surface area contributed by atoms with Gasteiger partial charge in [0.25, 0.3) is 0 Å². The summed E-state index contributed by atoms with van der Waals surface area (Å²) in [6.07, 6.45) is 2.34. The molecule has 1 heterocycles. The zero-order valence-electron chi connectivity index (χ0n) is 4.48. The van der Waals surface area contributed by atoms with Crippen molar-refractivity contribution in [2.75, 3.05) is 0 Å². The summed E-state index contributed by atoms with van der Waals surface area (Å²) in [6.45, 7) is 3.30. The van der Waals surface area contributed by atoms with Crippen LogP contribution in [-0.2, 0) is 13.6 Å². The standard InChI is InChI=1S/C4H5O4P/c1-2-4-3-7-9(5,6)8-4/h2-3H,1H2,(H,5,6). The molecule has 0 amide bonds. The van der Waals surface area contributed by atoms with Crippen LogP contribution in [0.15, 0.2) is 24.7 Å². The molecular formula is C4H5O4P. The van der Waals surface area contributed by atoms with Crippen LogP contribution in [0.4, 0.5) is 0 Å². The van der Waals surface area contributed by atoms with E-state index >= 15 is 0 Å². The minimum Gasteiger partial charge on any atom is -0.399 e. The molecule has 0 radical (unpaired) electrons. The molecule has 0 aromatic heterocycles. The smallest absolute Gasteiger partial charge is 0.399 e. The lowest BCUT2D eigenvalue weighted by Crippen LogP contribution is -1.77. The van der Waals surface area contributed by atoms with Crippen LogP contribution in [0, 0.1) is 0 Å². The Morgan fingerprint density at radius 3 is 2.78 bits per heavy atom. The van der Waals surface area contributed by atoms with E-state index in [0.29, 0.717) is 0 Å². The van der Waals surface area contributed by atoms with Crippen molar-refractivity contribution >= 4 is 7.82 Å². The van der Waals surface area contributed by atoms with E-state index < -0.39 is 7.82 Å². The normalized spacial score (nSPS) is 32.3. The van der Waals surface area contributed by atoms with Gasteiger partial charge in [-0.1, -0.05) is 6.58 Å². The summed E-state index contributed by atoms with van der Waals surface area (Å²) in [7, 11) is -3.78. The molecule has 0 bridgehead atoms. The van der Waals surface area contributed by atoms with E-state index in [2.05, 4.69) is 15.6 Å². The molecule has 5 heteroatoms. The third kappa shape index (κ3) is 1.34. The van der Waals surface area contributed by atoms with Gasteiger partial charge in [0.1, 0.15) is 6.26 Å². The van der Waals surface area contributed by atoms with Gasteiger partial charge in [0.2, 0.25) is 0 Å². The van der Waals surface area contributed by atoms with Crippen LogP contribution in [0.3, 0.4) is 0 Å². The van der Waals surface area contributed by atoms with Gasteiger partial charge in [0.15, 0.2) is 5.76 Å². The van der Waals surface area contributed by atoms with Crippen molar-refractivity contribution in [1.82, 2.24) is 0 Å². The first-order valence-electron chi connectivity index (χ1n) is 2.17. The quantitative estimate of drug-likeness (QED) is 0.567. The second-order valence-corrected chi connectivity index (χ2v) is 2.72. The molecule has 0 saturated carbocycles. The van der Waals surface area contributed by atoms with Crippen molar-refractivity contribution in [2.24, 2.45) is 0 Å². The highest BCUT2D eigenvalue weighted by Crippen LogP contribution is 2.50. The average molecular weight is 148 g/mol. The van der Waals surface area contributed by atoms with Crippen LogP contribution in [0.5, 0.6) is 0 Å². The van der Waals surface area contributed by atoms with Crippen molar-refractivity contribution in [3.05, 3.63) is 24.7 Å². The van der Waals surface area contributed by atoms with Crippen LogP contribution < -0.4 is 0 Å². The molecule has 9 heavy (non-hydrogen) atoms. The Kier molecular flexibility index (Phi) is 1.35. The second kappa shape index (κ2) is 1.90. The number of phosphoric ester groups is 1. The summed E-state index contributed by atoms with van der Waals surface area (Å²) in [6, 6.07) is 0. The highest BCUT2D eigenvalue weighted by molar-refractivity contribution is 7.47. The Balaban J connectivity index is 2.71. The Morgan fingerprint density at radius 2 is 2.56 bits per heavy atom. The summed E-state index contributed by atoms with van der Waals surface area (Å²) >= 11 is 0. The fourth-order valence-corrected chi connectivity index (χ4v) is 1.04. The SMILES string of the molecule is C=CC1=COP(=O)(O)O1. The largest absolute Gasteiger partial charge is 0.584 e. The lowest BCUT2D eigenvalue weighted by Gasteiger charge is -1.98. The third-order valence-electron chi connectivity index (χ3n) is 0.724. The molecule has 0 saturated heterocycles. The van der Waals surface area contributed by atoms with Crippen LogP contribution in [0.25, 0.3) is 0 Å². The predicted octanol–water partition coefficient (Wildman–Crippen LogP) is 1.16. The van der Waals surface area contributed by atoms with Crippen molar-refractivity contribution in [1.29, 1.82) is 0 Å². The van der Waals surface area contributed by atoms with Crippen LogP contribution >= 0.6 is 7.82 Å². The van der Waals surface area contributed by atoms with Crippen LogP contribution in [0.2, 0.25) is 0 Å². The van der Waals surface area contributed by atoms with Crippen LogP contribution in [0.1, 0.15) is 0 Å². The van der Waals surface area contributed by atoms with Crippen molar-refractivity contribution in [2.45, 2.75) is 0 Å². The maximum absolute atomic E-state index is 10.4. The van der Waals surface area contributed by atoms with Gasteiger partial charge in [-0.05, 0) is 6.08 Å². The van der Waals surface area contributed by atoms with E-state index in [1.807, 2.05) is 0 Å². The number of hydrogen-bond acceptors (Lipinski definition) is 3. The van der Waals surface area contributed by atoms with Crippen molar-refractivity contribution < 1.29 is 18.5 Å². The molecule has 50 valence electrons. The zero-order valence-corrected chi connectivity index (χ0v) is 5.38. The van der Waals surface area contributed by atoms with Crippen molar-refractivity contribution in [3.8, 4) is 0 Å². The van der Waals surface area contributed by atoms with Gasteiger partial charge in [0.05, 0.1) is 0 Å². The summed E-state index contributed by atoms with van der Waals surface area (Å²) in [4.78, 5) is 8.51. The van der Waals surface area contributed by atoms with Crippen molar-refractivity contribution in [3.63, 3.8) is 0 Å². The van der Waals surface area contributed by atoms with E-state index in [0.717, 1.165) is 6.26 Å². The predicted molar refractivity (Wildman–Crippen MR) is 30.3 cm³/mol. The molecule has 1 aliphatic heterocycles. The molecule has 1 atom stereocenters. The van der Waals surface area contributed by atoms with Gasteiger partial charge in [-0.2, -0.15) is 0 Å². The first kappa shape index (κ1) is 6.39. The highest BCUT2D eigenvalue weighted by atomic mass is 31.2. The molecule has 4 nitrogen and oxygen atoms in total. The first-order chi connectivity index (χ1) is 4.14. The number of rotatable bonds is 1. The Hall–Kier alpha value is -0.730. The molecule has 0 aromatic carbocycles. The highest BCUT2D eigenvalue weighted by Gasteiger charge is 2.28. The molecule has 0 spiro atoms.